The maximum absolute atomic E-state index is 13.7. The van der Waals surface area contributed by atoms with Crippen LogP contribution in [0.4, 0.5) is 8.78 Å². The van der Waals surface area contributed by atoms with Gasteiger partial charge >= 0.3 is 0 Å². The molecule has 0 radical (unpaired) electrons. The largest absolute Gasteiger partial charge is 0.493 e. The maximum atomic E-state index is 13.7. The molecule has 6 heteroatoms. The zero-order valence-electron chi connectivity index (χ0n) is 10.6. The lowest BCUT2D eigenvalue weighted by atomic mass is 10.1. The molecule has 1 unspecified atom stereocenters. The summed E-state index contributed by atoms with van der Waals surface area (Å²) in [6.07, 6.45) is 0.182. The van der Waals surface area contributed by atoms with Crippen molar-refractivity contribution >= 4 is 0 Å². The Kier molecular flexibility index (Phi) is 3.80. The van der Waals surface area contributed by atoms with Gasteiger partial charge in [-0.1, -0.05) is 6.07 Å². The van der Waals surface area contributed by atoms with Crippen molar-refractivity contribution in [1.82, 2.24) is 9.78 Å². The van der Waals surface area contributed by atoms with E-state index in [1.165, 1.54) is 24.1 Å². The predicted molar refractivity (Wildman–Crippen MR) is 64.9 cm³/mol. The van der Waals surface area contributed by atoms with Crippen LogP contribution >= 0.6 is 0 Å². The average Bonchev–Trinajstić information content (AvgIpc) is 2.80. The third kappa shape index (κ3) is 2.44. The lowest BCUT2D eigenvalue weighted by Gasteiger charge is -2.15. The fraction of sp³-hybridized carbons (Fsp3) is 0.308. The number of hydrogen-bond acceptors (Lipinski definition) is 3. The van der Waals surface area contributed by atoms with Gasteiger partial charge in [-0.3, -0.25) is 4.68 Å². The van der Waals surface area contributed by atoms with Gasteiger partial charge in [0, 0.05) is 18.2 Å². The highest BCUT2D eigenvalue weighted by molar-refractivity contribution is 5.35. The second-order valence-corrected chi connectivity index (χ2v) is 3.98. The lowest BCUT2D eigenvalue weighted by Crippen LogP contribution is -2.11. The van der Waals surface area contributed by atoms with Crippen LogP contribution < -0.4 is 4.74 Å². The average molecular weight is 268 g/mol. The molecule has 0 aliphatic heterocycles. The van der Waals surface area contributed by atoms with Crippen molar-refractivity contribution in [3.63, 3.8) is 0 Å². The van der Waals surface area contributed by atoms with Crippen molar-refractivity contribution < 1.29 is 18.6 Å². The van der Waals surface area contributed by atoms with Crippen LogP contribution in [0.2, 0.25) is 0 Å². The molecule has 1 aromatic heterocycles. The number of aryl methyl sites for hydroxylation is 1. The Morgan fingerprint density at radius 3 is 2.74 bits per heavy atom. The molecule has 0 spiro atoms. The van der Waals surface area contributed by atoms with E-state index >= 15 is 0 Å². The standard InChI is InChI=1S/C13H14F2N2O2/c1-3-17-12(11(19-2)7-16-17)13(18)9-5-4-8(14)6-10(9)15/h4-7,13,18H,3H2,1-2H3. The molecule has 0 amide bonds. The molecule has 0 bridgehead atoms. The molecule has 0 aliphatic carbocycles. The van der Waals surface area contributed by atoms with E-state index in [1.807, 2.05) is 6.92 Å². The van der Waals surface area contributed by atoms with E-state index in [-0.39, 0.29) is 5.56 Å². The van der Waals surface area contributed by atoms with E-state index in [4.69, 9.17) is 4.74 Å². The Hall–Kier alpha value is -1.95. The highest BCUT2D eigenvalue weighted by Crippen LogP contribution is 2.31. The van der Waals surface area contributed by atoms with Crippen LogP contribution in [0, 0.1) is 11.6 Å². The van der Waals surface area contributed by atoms with Gasteiger partial charge in [0.2, 0.25) is 0 Å². The summed E-state index contributed by atoms with van der Waals surface area (Å²) in [6, 6.07) is 3.04. The van der Waals surface area contributed by atoms with E-state index in [0.29, 0.717) is 18.0 Å². The SMILES string of the molecule is CCn1ncc(OC)c1C(O)c1ccc(F)cc1F. The first-order valence-corrected chi connectivity index (χ1v) is 5.81. The summed E-state index contributed by atoms with van der Waals surface area (Å²) in [7, 11) is 1.44. The highest BCUT2D eigenvalue weighted by Gasteiger charge is 2.23. The molecule has 0 aliphatic rings. The van der Waals surface area contributed by atoms with Crippen molar-refractivity contribution in [1.29, 1.82) is 0 Å². The summed E-state index contributed by atoms with van der Waals surface area (Å²) in [5.41, 5.74) is 0.324. The lowest BCUT2D eigenvalue weighted by molar-refractivity contribution is 0.197. The van der Waals surface area contributed by atoms with Crippen LogP contribution in [-0.2, 0) is 6.54 Å². The van der Waals surface area contributed by atoms with Crippen LogP contribution in [0.5, 0.6) is 5.75 Å². The molecule has 1 heterocycles. The van der Waals surface area contributed by atoms with E-state index in [9.17, 15) is 13.9 Å². The summed E-state index contributed by atoms with van der Waals surface area (Å²) in [4.78, 5) is 0. The van der Waals surface area contributed by atoms with Crippen LogP contribution in [0.15, 0.2) is 24.4 Å². The number of methoxy groups -OCH3 is 1. The minimum absolute atomic E-state index is 0.0186. The Bertz CT molecular complexity index is 563. The van der Waals surface area contributed by atoms with Gasteiger partial charge in [-0.05, 0) is 13.0 Å². The molecule has 102 valence electrons. The number of hydrogen-bond donors (Lipinski definition) is 1. The quantitative estimate of drug-likeness (QED) is 0.925. The molecule has 1 aromatic carbocycles. The number of benzene rings is 1. The fourth-order valence-electron chi connectivity index (χ4n) is 1.93. The predicted octanol–water partition coefficient (Wildman–Crippen LogP) is 2.27. The summed E-state index contributed by atoms with van der Waals surface area (Å²) < 4.78 is 33.2. The van der Waals surface area contributed by atoms with Crippen molar-refractivity contribution in [2.24, 2.45) is 0 Å². The van der Waals surface area contributed by atoms with Gasteiger partial charge in [-0.25, -0.2) is 8.78 Å². The van der Waals surface area contributed by atoms with E-state index in [2.05, 4.69) is 5.10 Å². The first kappa shape index (κ1) is 13.5. The minimum atomic E-state index is -1.27. The van der Waals surface area contributed by atoms with Crippen LogP contribution in [0.25, 0.3) is 0 Å². The van der Waals surface area contributed by atoms with Gasteiger partial charge in [0.05, 0.1) is 13.3 Å². The molecular formula is C13H14F2N2O2. The van der Waals surface area contributed by atoms with Gasteiger partial charge < -0.3 is 9.84 Å². The fourth-order valence-corrected chi connectivity index (χ4v) is 1.93. The normalized spacial score (nSPS) is 12.5. The first-order chi connectivity index (χ1) is 9.08. The van der Waals surface area contributed by atoms with Gasteiger partial charge in [0.25, 0.3) is 0 Å². The molecule has 4 nitrogen and oxygen atoms in total. The van der Waals surface area contributed by atoms with Gasteiger partial charge in [-0.15, -0.1) is 0 Å². The van der Waals surface area contributed by atoms with Crippen molar-refractivity contribution in [2.75, 3.05) is 7.11 Å². The van der Waals surface area contributed by atoms with Crippen molar-refractivity contribution in [3.05, 3.63) is 47.3 Å². The summed E-state index contributed by atoms with van der Waals surface area (Å²) >= 11 is 0. The van der Waals surface area contributed by atoms with E-state index in [1.54, 1.807) is 0 Å². The zero-order valence-corrected chi connectivity index (χ0v) is 10.6. The molecule has 0 saturated heterocycles. The van der Waals surface area contributed by atoms with Crippen molar-refractivity contribution in [3.8, 4) is 5.75 Å². The third-order valence-electron chi connectivity index (χ3n) is 2.88. The van der Waals surface area contributed by atoms with E-state index in [0.717, 1.165) is 12.1 Å². The summed E-state index contributed by atoms with van der Waals surface area (Å²) in [5.74, 6) is -1.14. The Balaban J connectivity index is 2.48. The minimum Gasteiger partial charge on any atom is -0.493 e. The Morgan fingerprint density at radius 2 is 2.16 bits per heavy atom. The summed E-state index contributed by atoms with van der Waals surface area (Å²) in [5, 5.41) is 14.3. The second-order valence-electron chi connectivity index (χ2n) is 3.98. The first-order valence-electron chi connectivity index (χ1n) is 5.81. The molecule has 0 fully saturated rings. The van der Waals surface area contributed by atoms with Crippen LogP contribution in [0.3, 0.4) is 0 Å². The molecule has 2 rings (SSSR count). The number of aromatic nitrogens is 2. The monoisotopic (exact) mass is 268 g/mol. The van der Waals surface area contributed by atoms with Gasteiger partial charge in [0.15, 0.2) is 5.75 Å². The number of ether oxygens (including phenoxy) is 1. The zero-order chi connectivity index (χ0) is 14.0. The topological polar surface area (TPSA) is 47.3 Å². The number of nitrogens with zero attached hydrogens (tertiary/aromatic N) is 2. The number of rotatable bonds is 4. The molecule has 0 saturated carbocycles. The summed E-state index contributed by atoms with van der Waals surface area (Å²) in [6.45, 7) is 2.34. The third-order valence-corrected chi connectivity index (χ3v) is 2.88. The number of aliphatic hydroxyl groups is 1. The highest BCUT2D eigenvalue weighted by atomic mass is 19.1. The second kappa shape index (κ2) is 5.36. The van der Waals surface area contributed by atoms with Gasteiger partial charge in [0.1, 0.15) is 23.4 Å². The van der Waals surface area contributed by atoms with Crippen LogP contribution in [-0.4, -0.2) is 22.0 Å². The number of halogens is 2. The number of aliphatic hydroxyl groups excluding tert-OH is 1. The van der Waals surface area contributed by atoms with E-state index < -0.39 is 17.7 Å². The maximum Gasteiger partial charge on any atom is 0.163 e. The molecule has 2 aromatic rings. The smallest absolute Gasteiger partial charge is 0.163 e. The van der Waals surface area contributed by atoms with Gasteiger partial charge in [-0.2, -0.15) is 5.10 Å². The molecule has 1 atom stereocenters. The Morgan fingerprint density at radius 1 is 1.42 bits per heavy atom. The Labute approximate surface area is 109 Å². The van der Waals surface area contributed by atoms with Crippen molar-refractivity contribution in [2.45, 2.75) is 19.6 Å². The molecule has 1 N–H and O–H groups in total. The molecular weight excluding hydrogens is 254 g/mol. The molecule has 19 heavy (non-hydrogen) atoms. The van der Waals surface area contributed by atoms with Crippen LogP contribution in [0.1, 0.15) is 24.3 Å².